The summed E-state index contributed by atoms with van der Waals surface area (Å²) >= 11 is 6.03. The molecule has 2 N–H and O–H groups in total. The Kier molecular flexibility index (Phi) is 3.55. The summed E-state index contributed by atoms with van der Waals surface area (Å²) in [5.41, 5.74) is 7.53. The van der Waals surface area contributed by atoms with E-state index in [1.165, 1.54) is 5.56 Å². The molecule has 0 atom stereocenters. The lowest BCUT2D eigenvalue weighted by molar-refractivity contribution is 0.483. The molecule has 0 saturated carbocycles. The molecule has 0 amide bonds. The van der Waals surface area contributed by atoms with E-state index in [1.807, 2.05) is 24.3 Å². The summed E-state index contributed by atoms with van der Waals surface area (Å²) < 4.78 is 5.68. The van der Waals surface area contributed by atoms with Crippen molar-refractivity contribution in [2.45, 2.75) is 13.3 Å². The highest BCUT2D eigenvalue weighted by atomic mass is 35.5. The van der Waals surface area contributed by atoms with Crippen molar-refractivity contribution in [3.8, 4) is 11.5 Å². The average Bonchev–Trinajstić information content (AvgIpc) is 2.34. The predicted molar refractivity (Wildman–Crippen MR) is 71.8 cm³/mol. The van der Waals surface area contributed by atoms with Crippen molar-refractivity contribution in [1.82, 2.24) is 0 Å². The van der Waals surface area contributed by atoms with Crippen LogP contribution in [0.25, 0.3) is 0 Å². The zero-order chi connectivity index (χ0) is 12.3. The molecule has 2 nitrogen and oxygen atoms in total. The largest absolute Gasteiger partial charge is 0.456 e. The standard InChI is InChI=1S/C14H14ClNO/c1-2-10-3-6-12(7-4-10)17-14-8-5-11(16)9-13(14)15/h3-9H,2,16H2,1H3. The molecule has 3 heteroatoms. The molecular weight excluding hydrogens is 234 g/mol. The SMILES string of the molecule is CCc1ccc(Oc2ccc(N)cc2Cl)cc1. The number of nitrogens with two attached hydrogens (primary N) is 1. The Balaban J connectivity index is 2.19. The van der Waals surface area contributed by atoms with Crippen LogP contribution in [0, 0.1) is 0 Å². The van der Waals surface area contributed by atoms with E-state index in [2.05, 4.69) is 6.92 Å². The van der Waals surface area contributed by atoms with E-state index in [1.54, 1.807) is 18.2 Å². The van der Waals surface area contributed by atoms with Crippen LogP contribution in [-0.4, -0.2) is 0 Å². The number of anilines is 1. The number of hydrogen-bond acceptors (Lipinski definition) is 2. The van der Waals surface area contributed by atoms with Gasteiger partial charge in [-0.1, -0.05) is 30.7 Å². The van der Waals surface area contributed by atoms with Crippen molar-refractivity contribution in [3.63, 3.8) is 0 Å². The van der Waals surface area contributed by atoms with Gasteiger partial charge in [0.05, 0.1) is 5.02 Å². The molecule has 0 radical (unpaired) electrons. The van der Waals surface area contributed by atoms with E-state index >= 15 is 0 Å². The first-order valence-electron chi connectivity index (χ1n) is 5.51. The van der Waals surface area contributed by atoms with Crippen LogP contribution in [0.5, 0.6) is 11.5 Å². The second kappa shape index (κ2) is 5.11. The number of nitrogen functional groups attached to an aromatic ring is 1. The van der Waals surface area contributed by atoms with Crippen LogP contribution in [-0.2, 0) is 6.42 Å². The fourth-order valence-electron chi connectivity index (χ4n) is 1.52. The minimum atomic E-state index is 0.518. The van der Waals surface area contributed by atoms with Crippen LogP contribution in [0.1, 0.15) is 12.5 Å². The zero-order valence-corrected chi connectivity index (χ0v) is 10.4. The van der Waals surface area contributed by atoms with Crippen LogP contribution >= 0.6 is 11.6 Å². The highest BCUT2D eigenvalue weighted by Crippen LogP contribution is 2.30. The molecule has 0 aromatic heterocycles. The van der Waals surface area contributed by atoms with E-state index < -0.39 is 0 Å². The third kappa shape index (κ3) is 2.92. The number of ether oxygens (including phenoxy) is 1. The molecule has 0 bridgehead atoms. The first kappa shape index (κ1) is 11.8. The first-order valence-corrected chi connectivity index (χ1v) is 5.88. The Morgan fingerprint density at radius 3 is 2.41 bits per heavy atom. The lowest BCUT2D eigenvalue weighted by atomic mass is 10.2. The zero-order valence-electron chi connectivity index (χ0n) is 9.61. The lowest BCUT2D eigenvalue weighted by Crippen LogP contribution is -1.89. The molecule has 0 spiro atoms. The molecule has 0 aliphatic rings. The van der Waals surface area contributed by atoms with E-state index in [9.17, 15) is 0 Å². The summed E-state index contributed by atoms with van der Waals surface area (Å²) in [7, 11) is 0. The van der Waals surface area contributed by atoms with Gasteiger partial charge in [0.25, 0.3) is 0 Å². The number of rotatable bonds is 3. The number of benzene rings is 2. The Labute approximate surface area is 106 Å². The van der Waals surface area contributed by atoms with Gasteiger partial charge in [0.2, 0.25) is 0 Å². The first-order chi connectivity index (χ1) is 8.19. The monoisotopic (exact) mass is 247 g/mol. The van der Waals surface area contributed by atoms with Gasteiger partial charge in [-0.15, -0.1) is 0 Å². The highest BCUT2D eigenvalue weighted by molar-refractivity contribution is 6.32. The van der Waals surface area contributed by atoms with E-state index in [4.69, 9.17) is 22.1 Å². The van der Waals surface area contributed by atoms with E-state index in [0.717, 1.165) is 12.2 Å². The van der Waals surface area contributed by atoms with E-state index in [0.29, 0.717) is 16.5 Å². The Hall–Kier alpha value is -1.67. The highest BCUT2D eigenvalue weighted by Gasteiger charge is 2.03. The molecule has 0 saturated heterocycles. The summed E-state index contributed by atoms with van der Waals surface area (Å²) in [6.07, 6.45) is 1.02. The molecule has 2 aromatic rings. The molecule has 2 aromatic carbocycles. The second-order valence-electron chi connectivity index (χ2n) is 3.79. The molecule has 0 fully saturated rings. The smallest absolute Gasteiger partial charge is 0.146 e. The fraction of sp³-hybridized carbons (Fsp3) is 0.143. The minimum absolute atomic E-state index is 0.518. The van der Waals surface area contributed by atoms with Gasteiger partial charge in [-0.25, -0.2) is 0 Å². The van der Waals surface area contributed by atoms with Crippen LogP contribution in [0.3, 0.4) is 0 Å². The third-order valence-corrected chi connectivity index (χ3v) is 2.81. The fourth-order valence-corrected chi connectivity index (χ4v) is 1.75. The minimum Gasteiger partial charge on any atom is -0.456 e. The normalized spacial score (nSPS) is 10.2. The molecule has 0 aliphatic carbocycles. The third-order valence-electron chi connectivity index (χ3n) is 2.52. The lowest BCUT2D eigenvalue weighted by Gasteiger charge is -2.08. The topological polar surface area (TPSA) is 35.2 Å². The van der Waals surface area contributed by atoms with Crippen molar-refractivity contribution in [3.05, 3.63) is 53.1 Å². The Morgan fingerprint density at radius 2 is 1.82 bits per heavy atom. The van der Waals surface area contributed by atoms with Crippen molar-refractivity contribution in [1.29, 1.82) is 0 Å². The molecular formula is C14H14ClNO. The van der Waals surface area contributed by atoms with Gasteiger partial charge >= 0.3 is 0 Å². The number of hydrogen-bond donors (Lipinski definition) is 1. The molecule has 0 unspecified atom stereocenters. The summed E-state index contributed by atoms with van der Waals surface area (Å²) in [5.74, 6) is 1.39. The van der Waals surface area contributed by atoms with Gasteiger partial charge in [-0.2, -0.15) is 0 Å². The predicted octanol–water partition coefficient (Wildman–Crippen LogP) is 4.28. The van der Waals surface area contributed by atoms with Crippen LogP contribution < -0.4 is 10.5 Å². The van der Waals surface area contributed by atoms with E-state index in [-0.39, 0.29) is 0 Å². The van der Waals surface area contributed by atoms with Crippen LogP contribution in [0.2, 0.25) is 5.02 Å². The summed E-state index contributed by atoms with van der Waals surface area (Å²) in [4.78, 5) is 0. The van der Waals surface area contributed by atoms with Gasteiger partial charge in [0, 0.05) is 5.69 Å². The molecule has 0 aliphatic heterocycles. The van der Waals surface area contributed by atoms with Crippen molar-refractivity contribution < 1.29 is 4.74 Å². The Bertz CT molecular complexity index is 508. The summed E-state index contributed by atoms with van der Waals surface area (Å²) in [5, 5.41) is 0.518. The summed E-state index contributed by atoms with van der Waals surface area (Å²) in [6, 6.07) is 13.2. The quantitative estimate of drug-likeness (QED) is 0.822. The maximum atomic E-state index is 6.03. The molecule has 0 heterocycles. The van der Waals surface area contributed by atoms with Crippen LogP contribution in [0.4, 0.5) is 5.69 Å². The Morgan fingerprint density at radius 1 is 1.12 bits per heavy atom. The van der Waals surface area contributed by atoms with Gasteiger partial charge in [-0.05, 0) is 42.3 Å². The number of halogens is 1. The van der Waals surface area contributed by atoms with Crippen molar-refractivity contribution in [2.75, 3.05) is 5.73 Å². The molecule has 17 heavy (non-hydrogen) atoms. The van der Waals surface area contributed by atoms with Gasteiger partial charge in [-0.3, -0.25) is 0 Å². The van der Waals surface area contributed by atoms with Gasteiger partial charge in [0.15, 0.2) is 0 Å². The van der Waals surface area contributed by atoms with Gasteiger partial charge in [0.1, 0.15) is 11.5 Å². The maximum absolute atomic E-state index is 6.03. The maximum Gasteiger partial charge on any atom is 0.146 e. The second-order valence-corrected chi connectivity index (χ2v) is 4.20. The van der Waals surface area contributed by atoms with Crippen molar-refractivity contribution in [2.24, 2.45) is 0 Å². The number of aryl methyl sites for hydroxylation is 1. The van der Waals surface area contributed by atoms with Crippen LogP contribution in [0.15, 0.2) is 42.5 Å². The van der Waals surface area contributed by atoms with Gasteiger partial charge < -0.3 is 10.5 Å². The average molecular weight is 248 g/mol. The van der Waals surface area contributed by atoms with Crippen molar-refractivity contribution >= 4 is 17.3 Å². The molecule has 2 rings (SSSR count). The summed E-state index contributed by atoms with van der Waals surface area (Å²) in [6.45, 7) is 2.12. The molecule has 88 valence electrons.